The summed E-state index contributed by atoms with van der Waals surface area (Å²) in [7, 11) is 3.56. The van der Waals surface area contributed by atoms with Crippen LogP contribution in [-0.4, -0.2) is 23.4 Å². The molecule has 0 aliphatic rings. The third-order valence-electron chi connectivity index (χ3n) is 3.28. The van der Waals surface area contributed by atoms with Crippen LogP contribution in [0.5, 0.6) is 5.75 Å². The molecule has 1 aromatic heterocycles. The Morgan fingerprint density at radius 1 is 1.45 bits per heavy atom. The average molecular weight is 294 g/mol. The number of nitrogens with zero attached hydrogens (tertiary/aromatic N) is 2. The second kappa shape index (κ2) is 6.29. The Hall–Kier alpha value is -1.52. The summed E-state index contributed by atoms with van der Waals surface area (Å²) in [5, 5.41) is 8.53. The van der Waals surface area contributed by atoms with Gasteiger partial charge in [-0.2, -0.15) is 5.10 Å². The minimum Gasteiger partial charge on any atom is -0.495 e. The van der Waals surface area contributed by atoms with Gasteiger partial charge in [0.1, 0.15) is 5.75 Å². The van der Waals surface area contributed by atoms with Crippen LogP contribution in [0.2, 0.25) is 5.02 Å². The second-order valence-corrected chi connectivity index (χ2v) is 5.14. The first-order valence-electron chi connectivity index (χ1n) is 6.63. The zero-order chi connectivity index (χ0) is 14.7. The average Bonchev–Trinajstić information content (AvgIpc) is 2.75. The first-order valence-corrected chi connectivity index (χ1v) is 7.01. The monoisotopic (exact) mass is 293 g/mol. The fourth-order valence-electron chi connectivity index (χ4n) is 2.37. The molecule has 108 valence electrons. The molecule has 0 spiro atoms. The van der Waals surface area contributed by atoms with Crippen molar-refractivity contribution in [3.63, 3.8) is 0 Å². The molecule has 5 heteroatoms. The van der Waals surface area contributed by atoms with Crippen molar-refractivity contribution in [2.45, 2.75) is 19.9 Å². The molecule has 0 saturated heterocycles. The molecule has 0 radical (unpaired) electrons. The van der Waals surface area contributed by atoms with E-state index >= 15 is 0 Å². The van der Waals surface area contributed by atoms with Crippen molar-refractivity contribution in [2.75, 3.05) is 13.7 Å². The highest BCUT2D eigenvalue weighted by molar-refractivity contribution is 6.32. The van der Waals surface area contributed by atoms with E-state index in [1.807, 2.05) is 43.0 Å². The summed E-state index contributed by atoms with van der Waals surface area (Å²) in [5.74, 6) is 0.689. The molecule has 2 aromatic rings. The van der Waals surface area contributed by atoms with Crippen molar-refractivity contribution in [2.24, 2.45) is 7.05 Å². The molecule has 0 aliphatic heterocycles. The van der Waals surface area contributed by atoms with Gasteiger partial charge >= 0.3 is 0 Å². The number of rotatable bonds is 5. The summed E-state index contributed by atoms with van der Waals surface area (Å²) in [6.45, 7) is 4.97. The Morgan fingerprint density at radius 3 is 2.75 bits per heavy atom. The molecule has 1 atom stereocenters. The summed E-state index contributed by atoms with van der Waals surface area (Å²) in [6.07, 6.45) is 2.05. The number of aryl methyl sites for hydroxylation is 2. The second-order valence-electron chi connectivity index (χ2n) is 4.73. The molecule has 0 amide bonds. The molecule has 4 nitrogen and oxygen atoms in total. The van der Waals surface area contributed by atoms with Gasteiger partial charge in [0.15, 0.2) is 0 Å². The fraction of sp³-hybridized carbons (Fsp3) is 0.400. The number of aromatic nitrogens is 2. The van der Waals surface area contributed by atoms with Crippen LogP contribution in [0.4, 0.5) is 0 Å². The topological polar surface area (TPSA) is 39.1 Å². The molecule has 1 aromatic carbocycles. The van der Waals surface area contributed by atoms with E-state index in [9.17, 15) is 0 Å². The molecule has 2 rings (SSSR count). The summed E-state index contributed by atoms with van der Waals surface area (Å²) < 4.78 is 7.14. The van der Waals surface area contributed by atoms with Crippen molar-refractivity contribution in [1.82, 2.24) is 15.1 Å². The highest BCUT2D eigenvalue weighted by Crippen LogP contribution is 2.31. The maximum Gasteiger partial charge on any atom is 0.137 e. The predicted octanol–water partition coefficient (Wildman–Crippen LogP) is 3.09. The lowest BCUT2D eigenvalue weighted by atomic mass is 9.99. The molecule has 20 heavy (non-hydrogen) atoms. The van der Waals surface area contributed by atoms with Crippen LogP contribution in [-0.2, 0) is 7.05 Å². The molecule has 0 aliphatic carbocycles. The SMILES string of the molecule is CCNC(c1ccc(Cl)c(OC)c1)c1cn(C)nc1C. The van der Waals surface area contributed by atoms with Crippen LogP contribution in [0.3, 0.4) is 0 Å². The van der Waals surface area contributed by atoms with Gasteiger partial charge in [0, 0.05) is 18.8 Å². The molecule has 0 fully saturated rings. The number of halogens is 1. The van der Waals surface area contributed by atoms with Crippen LogP contribution in [0.15, 0.2) is 24.4 Å². The molecule has 1 N–H and O–H groups in total. The van der Waals surface area contributed by atoms with E-state index in [1.165, 1.54) is 5.56 Å². The highest BCUT2D eigenvalue weighted by atomic mass is 35.5. The van der Waals surface area contributed by atoms with Crippen LogP contribution >= 0.6 is 11.6 Å². The first kappa shape index (κ1) is 14.9. The van der Waals surface area contributed by atoms with Gasteiger partial charge in [-0.3, -0.25) is 4.68 Å². The number of hydrogen-bond acceptors (Lipinski definition) is 3. The normalized spacial score (nSPS) is 12.4. The molecular weight excluding hydrogens is 274 g/mol. The molecular formula is C15H20ClN3O. The first-order chi connectivity index (χ1) is 9.56. The molecule has 0 saturated carbocycles. The number of methoxy groups -OCH3 is 1. The van der Waals surface area contributed by atoms with Crippen molar-refractivity contribution < 1.29 is 4.74 Å². The Balaban J connectivity index is 2.45. The van der Waals surface area contributed by atoms with E-state index in [1.54, 1.807) is 7.11 Å². The van der Waals surface area contributed by atoms with Crippen molar-refractivity contribution in [3.8, 4) is 5.75 Å². The molecule has 1 unspecified atom stereocenters. The smallest absolute Gasteiger partial charge is 0.137 e. The molecule has 1 heterocycles. The van der Waals surface area contributed by atoms with E-state index in [0.29, 0.717) is 10.8 Å². The van der Waals surface area contributed by atoms with Crippen LogP contribution in [0.25, 0.3) is 0 Å². The van der Waals surface area contributed by atoms with E-state index in [4.69, 9.17) is 16.3 Å². The van der Waals surface area contributed by atoms with Gasteiger partial charge in [-0.25, -0.2) is 0 Å². The Morgan fingerprint density at radius 2 is 2.20 bits per heavy atom. The number of hydrogen-bond donors (Lipinski definition) is 1. The zero-order valence-electron chi connectivity index (χ0n) is 12.3. The summed E-state index contributed by atoms with van der Waals surface area (Å²) in [5.41, 5.74) is 3.30. The van der Waals surface area contributed by atoms with E-state index < -0.39 is 0 Å². The summed E-state index contributed by atoms with van der Waals surface area (Å²) in [6, 6.07) is 5.94. The van der Waals surface area contributed by atoms with Crippen molar-refractivity contribution in [3.05, 3.63) is 46.2 Å². The Kier molecular flexibility index (Phi) is 4.68. The Bertz CT molecular complexity index is 595. The van der Waals surface area contributed by atoms with E-state index in [2.05, 4.69) is 17.3 Å². The summed E-state index contributed by atoms with van der Waals surface area (Å²) in [4.78, 5) is 0. The van der Waals surface area contributed by atoms with Gasteiger partial charge in [-0.05, 0) is 31.2 Å². The minimum absolute atomic E-state index is 0.0832. The number of nitrogens with one attached hydrogen (secondary N) is 1. The van der Waals surface area contributed by atoms with Gasteiger partial charge in [-0.1, -0.05) is 24.6 Å². The highest BCUT2D eigenvalue weighted by Gasteiger charge is 2.19. The third kappa shape index (κ3) is 2.97. The lowest BCUT2D eigenvalue weighted by Crippen LogP contribution is -2.22. The maximum absolute atomic E-state index is 6.10. The van der Waals surface area contributed by atoms with Crippen LogP contribution in [0, 0.1) is 6.92 Å². The number of benzene rings is 1. The van der Waals surface area contributed by atoms with Crippen LogP contribution in [0.1, 0.15) is 29.8 Å². The predicted molar refractivity (Wildman–Crippen MR) is 81.5 cm³/mol. The van der Waals surface area contributed by atoms with Gasteiger partial charge in [0.2, 0.25) is 0 Å². The largest absolute Gasteiger partial charge is 0.495 e. The van der Waals surface area contributed by atoms with E-state index in [-0.39, 0.29) is 6.04 Å². The lowest BCUT2D eigenvalue weighted by Gasteiger charge is -2.19. The number of ether oxygens (including phenoxy) is 1. The Labute approximate surface area is 124 Å². The molecule has 0 bridgehead atoms. The van der Waals surface area contributed by atoms with Crippen molar-refractivity contribution in [1.29, 1.82) is 0 Å². The van der Waals surface area contributed by atoms with Gasteiger partial charge in [0.05, 0.1) is 23.9 Å². The quantitative estimate of drug-likeness (QED) is 0.921. The van der Waals surface area contributed by atoms with Gasteiger partial charge in [-0.15, -0.1) is 0 Å². The summed E-state index contributed by atoms with van der Waals surface area (Å²) >= 11 is 6.10. The lowest BCUT2D eigenvalue weighted by molar-refractivity contribution is 0.414. The fourth-order valence-corrected chi connectivity index (χ4v) is 2.56. The van der Waals surface area contributed by atoms with Gasteiger partial charge in [0.25, 0.3) is 0 Å². The zero-order valence-corrected chi connectivity index (χ0v) is 13.0. The minimum atomic E-state index is 0.0832. The van der Waals surface area contributed by atoms with Crippen LogP contribution < -0.4 is 10.1 Å². The standard InChI is InChI=1S/C15H20ClN3O/c1-5-17-15(12-9-19(3)18-10(12)2)11-6-7-13(16)14(8-11)20-4/h6-9,15,17H,5H2,1-4H3. The maximum atomic E-state index is 6.10. The van der Waals surface area contributed by atoms with Crippen molar-refractivity contribution >= 4 is 11.6 Å². The van der Waals surface area contributed by atoms with E-state index in [0.717, 1.165) is 17.8 Å². The van der Waals surface area contributed by atoms with Gasteiger partial charge < -0.3 is 10.1 Å². The third-order valence-corrected chi connectivity index (χ3v) is 3.59.